The number of hydrogen-bond donors (Lipinski definition) is 3. The summed E-state index contributed by atoms with van der Waals surface area (Å²) in [7, 11) is 0. The van der Waals surface area contributed by atoms with E-state index in [1.807, 2.05) is 43.3 Å². The number of aryl methyl sites for hydroxylation is 1. The zero-order valence-electron chi connectivity index (χ0n) is 16.7. The van der Waals surface area contributed by atoms with Crippen molar-refractivity contribution in [3.8, 4) is 11.3 Å². The number of nitrogen functional groups attached to an aromatic ring is 1. The number of carbonyl (C=O) groups is 2. The Morgan fingerprint density at radius 3 is 2.93 bits per heavy atom. The maximum absolute atomic E-state index is 12.8. The van der Waals surface area contributed by atoms with Crippen LogP contribution in [0.1, 0.15) is 24.8 Å². The van der Waals surface area contributed by atoms with Crippen molar-refractivity contribution in [1.29, 1.82) is 0 Å². The van der Waals surface area contributed by atoms with Crippen LogP contribution < -0.4 is 16.4 Å². The number of aromatic nitrogens is 2. The van der Waals surface area contributed by atoms with E-state index in [1.54, 1.807) is 6.20 Å². The molecule has 0 unspecified atom stereocenters. The van der Waals surface area contributed by atoms with Crippen molar-refractivity contribution >= 4 is 34.2 Å². The van der Waals surface area contributed by atoms with Crippen molar-refractivity contribution in [2.75, 3.05) is 17.6 Å². The van der Waals surface area contributed by atoms with Gasteiger partial charge in [-0.25, -0.2) is 9.97 Å². The topological polar surface area (TPSA) is 110 Å². The lowest BCUT2D eigenvalue weighted by Gasteiger charge is -2.22. The van der Waals surface area contributed by atoms with Gasteiger partial charge in [-0.05, 0) is 48.3 Å². The Labute approximate surface area is 174 Å². The van der Waals surface area contributed by atoms with Crippen LogP contribution >= 0.6 is 0 Å². The summed E-state index contributed by atoms with van der Waals surface area (Å²) in [6.45, 7) is 2.68. The molecule has 1 saturated carbocycles. The number of pyridine rings is 2. The molecule has 1 aliphatic carbocycles. The number of piperidine rings is 1. The Kier molecular flexibility index (Phi) is 4.20. The molecule has 3 aromatic rings. The van der Waals surface area contributed by atoms with E-state index in [0.717, 1.165) is 40.4 Å². The van der Waals surface area contributed by atoms with Crippen molar-refractivity contribution in [3.05, 3.63) is 48.2 Å². The first kappa shape index (κ1) is 18.5. The van der Waals surface area contributed by atoms with Crippen molar-refractivity contribution in [1.82, 2.24) is 15.3 Å². The quantitative estimate of drug-likeness (QED) is 0.625. The smallest absolute Gasteiger partial charge is 0.229 e. The third kappa shape index (κ3) is 3.16. The van der Waals surface area contributed by atoms with Gasteiger partial charge >= 0.3 is 0 Å². The molecule has 5 rings (SSSR count). The van der Waals surface area contributed by atoms with Crippen LogP contribution in [0, 0.1) is 18.3 Å². The summed E-state index contributed by atoms with van der Waals surface area (Å²) in [6.07, 6.45) is 3.68. The summed E-state index contributed by atoms with van der Waals surface area (Å²) in [4.78, 5) is 33.4. The van der Waals surface area contributed by atoms with Gasteiger partial charge in [-0.3, -0.25) is 9.59 Å². The fraction of sp³-hybridized carbons (Fsp3) is 0.304. The van der Waals surface area contributed by atoms with Gasteiger partial charge in [0.2, 0.25) is 11.8 Å². The molecule has 1 saturated heterocycles. The second kappa shape index (κ2) is 6.79. The Bertz CT molecular complexity index is 1190. The van der Waals surface area contributed by atoms with E-state index in [9.17, 15) is 9.59 Å². The number of nitrogens with one attached hydrogen (secondary N) is 2. The van der Waals surface area contributed by atoms with E-state index in [-0.39, 0.29) is 23.1 Å². The normalized spacial score (nSPS) is 22.7. The highest BCUT2D eigenvalue weighted by atomic mass is 16.2. The van der Waals surface area contributed by atoms with Crippen LogP contribution in [-0.2, 0) is 9.59 Å². The van der Waals surface area contributed by atoms with E-state index in [2.05, 4.69) is 20.6 Å². The monoisotopic (exact) mass is 401 g/mol. The van der Waals surface area contributed by atoms with Crippen LogP contribution in [0.2, 0.25) is 0 Å². The SMILES string of the molecule is Cc1ccccc1-c1cc2cc(NC(=O)[C@H]3C[C@]34CCNC(=O)C4)ncc2c(N)n1. The van der Waals surface area contributed by atoms with E-state index in [0.29, 0.717) is 24.6 Å². The Hall–Kier alpha value is -3.48. The van der Waals surface area contributed by atoms with Crippen LogP contribution in [0.15, 0.2) is 42.6 Å². The predicted molar refractivity (Wildman–Crippen MR) is 116 cm³/mol. The largest absolute Gasteiger partial charge is 0.383 e. The van der Waals surface area contributed by atoms with Gasteiger partial charge in [0.1, 0.15) is 11.6 Å². The van der Waals surface area contributed by atoms with Gasteiger partial charge in [-0.2, -0.15) is 0 Å². The summed E-state index contributed by atoms with van der Waals surface area (Å²) in [5.41, 5.74) is 8.93. The van der Waals surface area contributed by atoms with Crippen LogP contribution in [0.4, 0.5) is 11.6 Å². The molecule has 2 aromatic heterocycles. The number of anilines is 2. The summed E-state index contributed by atoms with van der Waals surface area (Å²) in [6, 6.07) is 11.8. The molecule has 30 heavy (non-hydrogen) atoms. The number of hydrogen-bond acceptors (Lipinski definition) is 5. The molecule has 1 aliphatic heterocycles. The third-order valence-corrected chi connectivity index (χ3v) is 6.38. The predicted octanol–water partition coefficient (Wildman–Crippen LogP) is 3.04. The lowest BCUT2D eigenvalue weighted by Crippen LogP contribution is -2.36. The fourth-order valence-electron chi connectivity index (χ4n) is 4.57. The first-order valence-electron chi connectivity index (χ1n) is 10.2. The minimum absolute atomic E-state index is 0.0343. The van der Waals surface area contributed by atoms with Gasteiger partial charge in [-0.15, -0.1) is 0 Å². The van der Waals surface area contributed by atoms with E-state index < -0.39 is 0 Å². The number of amides is 2. The maximum atomic E-state index is 12.8. The van der Waals surface area contributed by atoms with Crippen molar-refractivity contribution in [2.24, 2.45) is 11.3 Å². The molecule has 3 heterocycles. The molecule has 2 atom stereocenters. The minimum atomic E-state index is -0.171. The summed E-state index contributed by atoms with van der Waals surface area (Å²) < 4.78 is 0. The molecular weight excluding hydrogens is 378 g/mol. The number of nitrogens with zero attached hydrogens (tertiary/aromatic N) is 2. The number of carbonyl (C=O) groups excluding carboxylic acids is 2. The first-order chi connectivity index (χ1) is 14.4. The summed E-state index contributed by atoms with van der Waals surface area (Å²) in [5, 5.41) is 7.38. The van der Waals surface area contributed by atoms with E-state index in [4.69, 9.17) is 5.73 Å². The van der Waals surface area contributed by atoms with Gasteiger partial charge in [0.25, 0.3) is 0 Å². The van der Waals surface area contributed by atoms with Gasteiger partial charge in [0.05, 0.1) is 5.69 Å². The highest BCUT2D eigenvalue weighted by Gasteiger charge is 2.59. The van der Waals surface area contributed by atoms with Crippen molar-refractivity contribution < 1.29 is 9.59 Å². The highest BCUT2D eigenvalue weighted by Crippen LogP contribution is 2.59. The second-order valence-corrected chi connectivity index (χ2v) is 8.38. The third-order valence-electron chi connectivity index (χ3n) is 6.38. The molecule has 0 radical (unpaired) electrons. The summed E-state index contributed by atoms with van der Waals surface area (Å²) >= 11 is 0. The second-order valence-electron chi connectivity index (χ2n) is 8.38. The Balaban J connectivity index is 1.41. The number of fused-ring (bicyclic) bond motifs is 1. The van der Waals surface area contributed by atoms with Gasteiger partial charge in [0.15, 0.2) is 0 Å². The molecule has 0 bridgehead atoms. The van der Waals surface area contributed by atoms with Gasteiger partial charge in [-0.1, -0.05) is 24.3 Å². The van der Waals surface area contributed by atoms with E-state index >= 15 is 0 Å². The maximum Gasteiger partial charge on any atom is 0.229 e. The van der Waals surface area contributed by atoms with Crippen LogP contribution in [0.25, 0.3) is 22.0 Å². The molecule has 7 nitrogen and oxygen atoms in total. The lowest BCUT2D eigenvalue weighted by molar-refractivity contribution is -0.124. The summed E-state index contributed by atoms with van der Waals surface area (Å²) in [5.74, 6) is 0.720. The molecule has 2 aliphatic rings. The molecule has 1 spiro atoms. The zero-order valence-corrected chi connectivity index (χ0v) is 16.7. The van der Waals surface area contributed by atoms with E-state index in [1.165, 1.54) is 0 Å². The standard InChI is InChI=1S/C23H23N5O2/c1-13-4-2-3-5-15(13)18-8-14-9-19(26-12-16(14)21(24)27-18)28-22(30)17-10-23(17)6-7-25-20(29)11-23/h2-5,8-9,12,17H,6-7,10-11H2,1H3,(H2,24,27)(H,25,29)(H,26,28,30)/t17-,23+/m1/s1. The van der Waals surface area contributed by atoms with Crippen LogP contribution in [-0.4, -0.2) is 28.3 Å². The molecule has 1 aromatic carbocycles. The lowest BCUT2D eigenvalue weighted by atomic mass is 9.91. The van der Waals surface area contributed by atoms with Crippen LogP contribution in [0.5, 0.6) is 0 Å². The van der Waals surface area contributed by atoms with Crippen LogP contribution in [0.3, 0.4) is 0 Å². The van der Waals surface area contributed by atoms with Crippen molar-refractivity contribution in [3.63, 3.8) is 0 Å². The molecule has 152 valence electrons. The molecular formula is C23H23N5O2. The Morgan fingerprint density at radius 2 is 2.13 bits per heavy atom. The molecule has 2 amide bonds. The number of benzene rings is 1. The van der Waals surface area contributed by atoms with Gasteiger partial charge in [0, 0.05) is 36.0 Å². The molecule has 7 heteroatoms. The number of nitrogens with two attached hydrogens (primary N) is 1. The first-order valence-corrected chi connectivity index (χ1v) is 10.2. The van der Waals surface area contributed by atoms with Crippen molar-refractivity contribution in [2.45, 2.75) is 26.2 Å². The molecule has 4 N–H and O–H groups in total. The zero-order chi connectivity index (χ0) is 20.9. The molecule has 2 fully saturated rings. The highest BCUT2D eigenvalue weighted by molar-refractivity contribution is 5.99. The van der Waals surface area contributed by atoms with Gasteiger partial charge < -0.3 is 16.4 Å². The minimum Gasteiger partial charge on any atom is -0.383 e. The average Bonchev–Trinajstić information content (AvgIpc) is 3.40. The average molecular weight is 401 g/mol. The number of rotatable bonds is 3. The Morgan fingerprint density at radius 1 is 1.30 bits per heavy atom. The fourth-order valence-corrected chi connectivity index (χ4v) is 4.57.